The van der Waals surface area contributed by atoms with Crippen molar-refractivity contribution in [3.63, 3.8) is 0 Å². The number of aromatic nitrogens is 1. The highest BCUT2D eigenvalue weighted by Crippen LogP contribution is 2.21. The molecule has 8 nitrogen and oxygen atoms in total. The Kier molecular flexibility index (Phi) is 5.25. The van der Waals surface area contributed by atoms with Gasteiger partial charge in [0.2, 0.25) is 5.91 Å². The highest BCUT2D eigenvalue weighted by molar-refractivity contribution is 7.13. The van der Waals surface area contributed by atoms with E-state index in [0.717, 1.165) is 31.3 Å². The Morgan fingerprint density at radius 3 is 2.76 bits per heavy atom. The molecule has 0 saturated carbocycles. The van der Waals surface area contributed by atoms with Crippen molar-refractivity contribution in [2.24, 2.45) is 0 Å². The number of hydrogen-bond donors (Lipinski definition) is 1. The molecule has 1 saturated heterocycles. The van der Waals surface area contributed by atoms with E-state index in [-0.39, 0.29) is 17.6 Å². The number of anilines is 2. The first kappa shape index (κ1) is 17.3. The highest BCUT2D eigenvalue weighted by atomic mass is 32.1. The number of benzene rings is 1. The number of carbonyl (C=O) groups excluding carboxylic acids is 1. The number of nitrogens with one attached hydrogen (secondary N) is 1. The fourth-order valence-corrected chi connectivity index (χ4v) is 3.48. The minimum absolute atomic E-state index is 0.0393. The van der Waals surface area contributed by atoms with Crippen LogP contribution in [0.5, 0.6) is 0 Å². The van der Waals surface area contributed by atoms with E-state index in [2.05, 4.69) is 20.1 Å². The van der Waals surface area contributed by atoms with Crippen LogP contribution in [0.2, 0.25) is 0 Å². The minimum atomic E-state index is -0.475. The summed E-state index contributed by atoms with van der Waals surface area (Å²) in [4.78, 5) is 31.4. The second kappa shape index (κ2) is 7.58. The quantitative estimate of drug-likeness (QED) is 0.648. The van der Waals surface area contributed by atoms with Crippen molar-refractivity contribution >= 4 is 33.8 Å². The fourth-order valence-electron chi connectivity index (χ4n) is 2.78. The molecule has 0 spiro atoms. The van der Waals surface area contributed by atoms with E-state index in [9.17, 15) is 14.9 Å². The Balaban J connectivity index is 1.56. The summed E-state index contributed by atoms with van der Waals surface area (Å²) >= 11 is 1.61. The van der Waals surface area contributed by atoms with Gasteiger partial charge in [-0.25, -0.2) is 4.98 Å². The number of piperazine rings is 1. The Hall–Kier alpha value is -2.52. The van der Waals surface area contributed by atoms with E-state index >= 15 is 0 Å². The first-order valence-corrected chi connectivity index (χ1v) is 8.86. The summed E-state index contributed by atoms with van der Waals surface area (Å²) in [5.41, 5.74) is 0.398. The van der Waals surface area contributed by atoms with E-state index in [1.165, 1.54) is 12.1 Å². The number of rotatable bonds is 5. The van der Waals surface area contributed by atoms with Crippen LogP contribution in [0.4, 0.5) is 16.5 Å². The average molecular weight is 361 g/mol. The van der Waals surface area contributed by atoms with Crippen LogP contribution in [0.3, 0.4) is 0 Å². The second-order valence-electron chi connectivity index (χ2n) is 5.81. The molecule has 0 bridgehead atoms. The van der Waals surface area contributed by atoms with E-state index in [4.69, 9.17) is 0 Å². The normalized spacial score (nSPS) is 16.4. The lowest BCUT2D eigenvalue weighted by molar-refractivity contribution is -0.384. The lowest BCUT2D eigenvalue weighted by atomic mass is 10.2. The van der Waals surface area contributed by atoms with Crippen LogP contribution >= 0.6 is 11.3 Å². The van der Waals surface area contributed by atoms with Crippen LogP contribution in [-0.4, -0.2) is 52.9 Å². The monoisotopic (exact) mass is 361 g/mol. The van der Waals surface area contributed by atoms with Crippen LogP contribution in [0.1, 0.15) is 6.92 Å². The number of nitro groups is 1. The SMILES string of the molecule is CC(C(=O)Nc1cccc([N+](=O)[O-])c1)N1CCN(c2nccs2)CC1. The molecule has 1 N–H and O–H groups in total. The first-order chi connectivity index (χ1) is 12.0. The average Bonchev–Trinajstić information content (AvgIpc) is 3.16. The van der Waals surface area contributed by atoms with E-state index in [0.29, 0.717) is 5.69 Å². The van der Waals surface area contributed by atoms with E-state index in [1.807, 2.05) is 12.3 Å². The van der Waals surface area contributed by atoms with Gasteiger partial charge in [-0.15, -0.1) is 11.3 Å². The largest absolute Gasteiger partial charge is 0.346 e. The summed E-state index contributed by atoms with van der Waals surface area (Å²) in [6.45, 7) is 5.03. The minimum Gasteiger partial charge on any atom is -0.346 e. The molecule has 2 heterocycles. The molecule has 1 aliphatic rings. The predicted molar refractivity (Wildman–Crippen MR) is 97.1 cm³/mol. The topological polar surface area (TPSA) is 91.6 Å². The van der Waals surface area contributed by atoms with Gasteiger partial charge in [0.25, 0.3) is 5.69 Å². The lowest BCUT2D eigenvalue weighted by Crippen LogP contribution is -2.52. The molecule has 0 radical (unpaired) electrons. The van der Waals surface area contributed by atoms with Crippen molar-refractivity contribution in [3.05, 3.63) is 46.0 Å². The van der Waals surface area contributed by atoms with Crippen LogP contribution in [0.25, 0.3) is 0 Å². The molecule has 3 rings (SSSR count). The molecule has 1 aromatic carbocycles. The number of nitrogens with zero attached hydrogens (tertiary/aromatic N) is 4. The van der Waals surface area contributed by atoms with Crippen molar-refractivity contribution in [3.8, 4) is 0 Å². The molecule has 0 aliphatic carbocycles. The molecule has 1 atom stereocenters. The summed E-state index contributed by atoms with van der Waals surface area (Å²) in [7, 11) is 0. The Bertz CT molecular complexity index is 744. The first-order valence-electron chi connectivity index (χ1n) is 7.98. The summed E-state index contributed by atoms with van der Waals surface area (Å²) < 4.78 is 0. The lowest BCUT2D eigenvalue weighted by Gasteiger charge is -2.37. The van der Waals surface area contributed by atoms with Gasteiger partial charge >= 0.3 is 0 Å². The molecule has 9 heteroatoms. The zero-order valence-corrected chi connectivity index (χ0v) is 14.6. The Morgan fingerprint density at radius 1 is 1.36 bits per heavy atom. The molecule has 1 amide bonds. The standard InChI is InChI=1S/C16H19N5O3S/c1-12(15(22)18-13-3-2-4-14(11-13)21(23)24)19-6-8-20(9-7-19)16-17-5-10-25-16/h2-5,10-12H,6-9H2,1H3,(H,18,22). The zero-order chi connectivity index (χ0) is 17.8. The van der Waals surface area contributed by atoms with Crippen LogP contribution in [0, 0.1) is 10.1 Å². The third-order valence-electron chi connectivity index (χ3n) is 4.26. The molecule has 25 heavy (non-hydrogen) atoms. The fraction of sp³-hybridized carbons (Fsp3) is 0.375. The maximum atomic E-state index is 12.5. The number of nitro benzene ring substituents is 1. The maximum absolute atomic E-state index is 12.5. The maximum Gasteiger partial charge on any atom is 0.271 e. The molecular formula is C16H19N5O3S. The van der Waals surface area contributed by atoms with Gasteiger partial charge in [-0.2, -0.15) is 0 Å². The van der Waals surface area contributed by atoms with E-state index in [1.54, 1.807) is 29.7 Å². The molecule has 1 aromatic heterocycles. The molecule has 1 unspecified atom stereocenters. The molecule has 1 fully saturated rings. The van der Waals surface area contributed by atoms with Gasteiger partial charge in [0, 0.05) is 55.6 Å². The number of non-ortho nitro benzene ring substituents is 1. The molecule has 1 aliphatic heterocycles. The highest BCUT2D eigenvalue weighted by Gasteiger charge is 2.26. The summed E-state index contributed by atoms with van der Waals surface area (Å²) in [6.07, 6.45) is 1.79. The van der Waals surface area contributed by atoms with Gasteiger partial charge in [0.1, 0.15) is 0 Å². The summed E-state index contributed by atoms with van der Waals surface area (Å²) in [5, 5.41) is 16.6. The van der Waals surface area contributed by atoms with Crippen LogP contribution in [-0.2, 0) is 4.79 Å². The van der Waals surface area contributed by atoms with Crippen molar-refractivity contribution < 1.29 is 9.72 Å². The number of carbonyl (C=O) groups is 1. The number of thiazole rings is 1. The number of hydrogen-bond acceptors (Lipinski definition) is 7. The number of amides is 1. The van der Waals surface area contributed by atoms with Gasteiger partial charge < -0.3 is 10.2 Å². The van der Waals surface area contributed by atoms with Crippen molar-refractivity contribution in [1.82, 2.24) is 9.88 Å². The third kappa shape index (κ3) is 4.12. The van der Waals surface area contributed by atoms with Crippen LogP contribution in [0.15, 0.2) is 35.8 Å². The van der Waals surface area contributed by atoms with Gasteiger partial charge in [-0.3, -0.25) is 19.8 Å². The third-order valence-corrected chi connectivity index (χ3v) is 5.09. The van der Waals surface area contributed by atoms with Gasteiger partial charge in [0.05, 0.1) is 11.0 Å². The second-order valence-corrected chi connectivity index (χ2v) is 6.68. The van der Waals surface area contributed by atoms with Gasteiger partial charge in [0.15, 0.2) is 5.13 Å². The molecule has 2 aromatic rings. The van der Waals surface area contributed by atoms with Crippen molar-refractivity contribution in [2.75, 3.05) is 36.4 Å². The Morgan fingerprint density at radius 2 is 2.12 bits per heavy atom. The molecular weight excluding hydrogens is 342 g/mol. The van der Waals surface area contributed by atoms with Gasteiger partial charge in [-0.1, -0.05) is 6.07 Å². The predicted octanol–water partition coefficient (Wildman–Crippen LogP) is 2.20. The van der Waals surface area contributed by atoms with Crippen LogP contribution < -0.4 is 10.2 Å². The van der Waals surface area contributed by atoms with Crippen molar-refractivity contribution in [1.29, 1.82) is 0 Å². The Labute approximate surface area is 149 Å². The molecule has 132 valence electrons. The zero-order valence-electron chi connectivity index (χ0n) is 13.8. The summed E-state index contributed by atoms with van der Waals surface area (Å²) in [6, 6.07) is 5.67. The van der Waals surface area contributed by atoms with Crippen molar-refractivity contribution in [2.45, 2.75) is 13.0 Å². The van der Waals surface area contributed by atoms with E-state index < -0.39 is 4.92 Å². The smallest absolute Gasteiger partial charge is 0.271 e. The van der Waals surface area contributed by atoms with Gasteiger partial charge in [-0.05, 0) is 13.0 Å². The summed E-state index contributed by atoms with van der Waals surface area (Å²) in [5.74, 6) is -0.164.